The highest BCUT2D eigenvalue weighted by molar-refractivity contribution is 5.84. The number of rotatable bonds is 9. The fraction of sp³-hybridized carbons (Fsp3) is 0.583. The van der Waals surface area contributed by atoms with Gasteiger partial charge in [0.25, 0.3) is 0 Å². The Morgan fingerprint density at radius 1 is 1.29 bits per heavy atom. The van der Waals surface area contributed by atoms with Crippen LogP contribution >= 0.6 is 0 Å². The van der Waals surface area contributed by atoms with E-state index in [2.05, 4.69) is 11.9 Å². The van der Waals surface area contributed by atoms with Crippen LogP contribution in [0.15, 0.2) is 18.3 Å². The zero-order valence-corrected chi connectivity index (χ0v) is 18.7. The highest BCUT2D eigenvalue weighted by Gasteiger charge is 2.34. The lowest BCUT2D eigenvalue weighted by molar-refractivity contribution is -0.121. The number of carbonyl (C=O) groups is 1. The van der Waals surface area contributed by atoms with Gasteiger partial charge in [0.2, 0.25) is 0 Å². The first kappa shape index (κ1) is 21.7. The van der Waals surface area contributed by atoms with E-state index >= 15 is 0 Å². The Bertz CT molecular complexity index is 956. The van der Waals surface area contributed by atoms with Crippen LogP contribution in [0.4, 0.5) is 5.82 Å². The van der Waals surface area contributed by atoms with Crippen LogP contribution in [0.1, 0.15) is 57.2 Å². The molecule has 2 aliphatic carbocycles. The van der Waals surface area contributed by atoms with Gasteiger partial charge in [-0.15, -0.1) is 0 Å². The molecule has 1 N–H and O–H groups in total. The summed E-state index contributed by atoms with van der Waals surface area (Å²) in [5.74, 6) is 2.27. The molecule has 0 unspecified atom stereocenters. The summed E-state index contributed by atoms with van der Waals surface area (Å²) in [5.41, 5.74) is 3.01. The molecule has 7 heteroatoms. The van der Waals surface area contributed by atoms with E-state index in [0.717, 1.165) is 49.2 Å². The van der Waals surface area contributed by atoms with Crippen molar-refractivity contribution in [1.82, 2.24) is 15.0 Å². The molecule has 1 saturated carbocycles. The van der Waals surface area contributed by atoms with Crippen molar-refractivity contribution < 1.29 is 14.6 Å². The average molecular weight is 425 g/mol. The highest BCUT2D eigenvalue weighted by atomic mass is 16.5. The maximum atomic E-state index is 12.7. The summed E-state index contributed by atoms with van der Waals surface area (Å²) in [6, 6.07) is 3.55. The summed E-state index contributed by atoms with van der Waals surface area (Å²) in [4.78, 5) is 28.7. The summed E-state index contributed by atoms with van der Waals surface area (Å²) in [6.45, 7) is 4.47. The van der Waals surface area contributed by atoms with E-state index < -0.39 is 6.10 Å². The van der Waals surface area contributed by atoms with Crippen LogP contribution in [0.25, 0.3) is 11.5 Å². The second kappa shape index (κ2) is 8.91. The van der Waals surface area contributed by atoms with Crippen LogP contribution in [0.5, 0.6) is 5.75 Å². The monoisotopic (exact) mass is 424 g/mol. The molecule has 2 heterocycles. The normalized spacial score (nSPS) is 17.5. The topological polar surface area (TPSA) is 88.4 Å². The lowest BCUT2D eigenvalue weighted by atomic mass is 9.67. The number of likely N-dealkylation sites (N-methyl/N-ethyl adjacent to an activating group) is 1. The van der Waals surface area contributed by atoms with Gasteiger partial charge >= 0.3 is 0 Å². The summed E-state index contributed by atoms with van der Waals surface area (Å²) in [6.07, 6.45) is 8.18. The molecular weight excluding hydrogens is 392 g/mol. The van der Waals surface area contributed by atoms with E-state index in [0.29, 0.717) is 30.2 Å². The molecule has 1 atom stereocenters. The number of pyridine rings is 1. The van der Waals surface area contributed by atoms with Gasteiger partial charge in [-0.1, -0.05) is 13.3 Å². The zero-order chi connectivity index (χ0) is 22.0. The minimum absolute atomic E-state index is 0.188. The van der Waals surface area contributed by atoms with Crippen LogP contribution < -0.4 is 9.64 Å². The molecule has 1 fully saturated rings. The second-order valence-corrected chi connectivity index (χ2v) is 9.42. The molecule has 2 aromatic heterocycles. The van der Waals surface area contributed by atoms with Gasteiger partial charge in [0, 0.05) is 37.0 Å². The summed E-state index contributed by atoms with van der Waals surface area (Å²) in [5, 5.41) is 9.47. The molecule has 7 nitrogen and oxygen atoms in total. The molecule has 0 amide bonds. The molecule has 0 bridgehead atoms. The Morgan fingerprint density at radius 3 is 2.81 bits per heavy atom. The van der Waals surface area contributed by atoms with E-state index in [9.17, 15) is 9.90 Å². The summed E-state index contributed by atoms with van der Waals surface area (Å²) in [7, 11) is 1.95. The number of nitrogens with zero attached hydrogens (tertiary/aromatic N) is 4. The molecule has 166 valence electrons. The third kappa shape index (κ3) is 5.03. The molecule has 2 aromatic rings. The Morgan fingerprint density at radius 2 is 2.10 bits per heavy atom. The van der Waals surface area contributed by atoms with Crippen LogP contribution in [-0.4, -0.2) is 52.1 Å². The quantitative estimate of drug-likeness (QED) is 0.660. The molecule has 0 aliphatic heterocycles. The molecule has 31 heavy (non-hydrogen) atoms. The van der Waals surface area contributed by atoms with Crippen molar-refractivity contribution in [3.63, 3.8) is 0 Å². The van der Waals surface area contributed by atoms with Gasteiger partial charge in [0.1, 0.15) is 23.9 Å². The molecule has 4 rings (SSSR count). The predicted molar refractivity (Wildman–Crippen MR) is 119 cm³/mol. The minimum Gasteiger partial charge on any atom is -0.491 e. The van der Waals surface area contributed by atoms with Crippen LogP contribution in [0.3, 0.4) is 0 Å². The third-order valence-corrected chi connectivity index (χ3v) is 6.32. The number of hydrogen-bond donors (Lipinski definition) is 1. The Labute approximate surface area is 183 Å². The summed E-state index contributed by atoms with van der Waals surface area (Å²) < 4.78 is 5.61. The average Bonchev–Trinajstić information content (AvgIpc) is 3.19. The number of aryl methyl sites for hydroxylation is 1. The van der Waals surface area contributed by atoms with Crippen molar-refractivity contribution in [2.45, 2.75) is 64.9 Å². The van der Waals surface area contributed by atoms with E-state index in [1.165, 1.54) is 6.42 Å². The van der Waals surface area contributed by atoms with Crippen LogP contribution in [0, 0.1) is 5.41 Å². The number of Topliss-reactive ketones (excluding diaryl/α,β-unsaturated/α-hetero) is 1. The lowest BCUT2D eigenvalue weighted by Gasteiger charge is -2.38. The second-order valence-electron chi connectivity index (χ2n) is 9.42. The van der Waals surface area contributed by atoms with Gasteiger partial charge in [0.05, 0.1) is 12.6 Å². The van der Waals surface area contributed by atoms with Crippen molar-refractivity contribution in [2.24, 2.45) is 5.41 Å². The predicted octanol–water partition coefficient (Wildman–Crippen LogP) is 3.37. The summed E-state index contributed by atoms with van der Waals surface area (Å²) >= 11 is 0. The number of ketones is 1. The van der Waals surface area contributed by atoms with Crippen LogP contribution in [0.2, 0.25) is 0 Å². The van der Waals surface area contributed by atoms with Gasteiger partial charge in [-0.05, 0) is 50.5 Å². The number of anilines is 1. The molecule has 0 saturated heterocycles. The Kier molecular flexibility index (Phi) is 6.23. The largest absolute Gasteiger partial charge is 0.491 e. The van der Waals surface area contributed by atoms with Crippen molar-refractivity contribution in [3.05, 3.63) is 29.6 Å². The van der Waals surface area contributed by atoms with E-state index in [-0.39, 0.29) is 17.8 Å². The standard InChI is InChI=1S/C24H32N4O3/c1-16(29)15-31-18-8-11-25-21(12-18)22-26-20-7-4-6-19(20)23(27-22)28(3)14-17(30)13-24(2)9-5-10-24/h8,11-12,16,29H,4-7,9-10,13-15H2,1-3H3/t16-/m0/s1. The van der Waals surface area contributed by atoms with Crippen molar-refractivity contribution in [2.75, 3.05) is 25.1 Å². The zero-order valence-electron chi connectivity index (χ0n) is 18.7. The van der Waals surface area contributed by atoms with Crippen molar-refractivity contribution in [1.29, 1.82) is 0 Å². The van der Waals surface area contributed by atoms with Gasteiger partial charge in [0.15, 0.2) is 11.6 Å². The third-order valence-electron chi connectivity index (χ3n) is 6.32. The van der Waals surface area contributed by atoms with Crippen LogP contribution in [-0.2, 0) is 17.6 Å². The van der Waals surface area contributed by atoms with E-state index in [1.54, 1.807) is 25.3 Å². The minimum atomic E-state index is -0.548. The highest BCUT2D eigenvalue weighted by Crippen LogP contribution is 2.43. The maximum Gasteiger partial charge on any atom is 0.180 e. The van der Waals surface area contributed by atoms with E-state index in [1.807, 2.05) is 11.9 Å². The molecule has 2 aliphatic rings. The number of carbonyl (C=O) groups excluding carboxylic acids is 1. The van der Waals surface area contributed by atoms with Crippen molar-refractivity contribution in [3.8, 4) is 17.3 Å². The number of aromatic nitrogens is 3. The fourth-order valence-electron chi connectivity index (χ4n) is 4.51. The van der Waals surface area contributed by atoms with Crippen molar-refractivity contribution >= 4 is 11.6 Å². The number of aliphatic hydroxyl groups is 1. The Hall–Kier alpha value is -2.54. The molecular formula is C24H32N4O3. The maximum absolute atomic E-state index is 12.7. The van der Waals surface area contributed by atoms with Gasteiger partial charge in [-0.25, -0.2) is 9.97 Å². The molecule has 0 radical (unpaired) electrons. The number of ether oxygens (including phenoxy) is 1. The first-order valence-electron chi connectivity index (χ1n) is 11.2. The van der Waals surface area contributed by atoms with Gasteiger partial charge in [-0.2, -0.15) is 0 Å². The smallest absolute Gasteiger partial charge is 0.180 e. The number of aliphatic hydroxyl groups excluding tert-OH is 1. The lowest BCUT2D eigenvalue weighted by Crippen LogP contribution is -2.34. The molecule has 0 aromatic carbocycles. The van der Waals surface area contributed by atoms with E-state index in [4.69, 9.17) is 14.7 Å². The van der Waals surface area contributed by atoms with Gasteiger partial charge < -0.3 is 14.7 Å². The first-order valence-corrected chi connectivity index (χ1v) is 11.2. The fourth-order valence-corrected chi connectivity index (χ4v) is 4.51. The first-order chi connectivity index (χ1) is 14.8. The number of fused-ring (bicyclic) bond motifs is 1. The SMILES string of the molecule is C[C@H](O)COc1ccnc(-c2nc3c(c(N(C)CC(=O)CC4(C)CCC4)n2)CCC3)c1. The molecule has 0 spiro atoms. The Balaban J connectivity index is 1.56. The van der Waals surface area contributed by atoms with Gasteiger partial charge in [-0.3, -0.25) is 9.78 Å². The number of hydrogen-bond acceptors (Lipinski definition) is 7.